The summed E-state index contributed by atoms with van der Waals surface area (Å²) in [5.41, 5.74) is 0. The predicted octanol–water partition coefficient (Wildman–Crippen LogP) is 1.16. The van der Waals surface area contributed by atoms with E-state index in [0.29, 0.717) is 12.8 Å². The lowest BCUT2D eigenvalue weighted by Gasteiger charge is -2.21. The zero-order valence-electron chi connectivity index (χ0n) is 11.0. The standard InChI is InChI=1S/C12H24N2O2/c1-5-14(10-6-9-13(3)4)12(16)8-7-11(2)15/h5-10H2,1-4H3. The quantitative estimate of drug-likeness (QED) is 0.626. The minimum absolute atomic E-state index is 0.0812. The molecular formula is C12H24N2O2. The number of hydrogen-bond acceptors (Lipinski definition) is 3. The molecule has 94 valence electrons. The van der Waals surface area contributed by atoms with Gasteiger partial charge in [0.2, 0.25) is 5.91 Å². The van der Waals surface area contributed by atoms with E-state index in [1.54, 1.807) is 0 Å². The lowest BCUT2D eigenvalue weighted by molar-refractivity contribution is -0.132. The number of carbonyl (C=O) groups excluding carboxylic acids is 2. The van der Waals surface area contributed by atoms with Gasteiger partial charge in [0.25, 0.3) is 0 Å². The highest BCUT2D eigenvalue weighted by Gasteiger charge is 2.11. The van der Waals surface area contributed by atoms with Gasteiger partial charge in [0.1, 0.15) is 5.78 Å². The van der Waals surface area contributed by atoms with Crippen LogP contribution in [0.25, 0.3) is 0 Å². The van der Waals surface area contributed by atoms with Crippen molar-refractivity contribution in [1.29, 1.82) is 0 Å². The summed E-state index contributed by atoms with van der Waals surface area (Å²) in [5.74, 6) is 0.175. The van der Waals surface area contributed by atoms with Crippen molar-refractivity contribution in [3.05, 3.63) is 0 Å². The maximum atomic E-state index is 11.7. The van der Waals surface area contributed by atoms with Gasteiger partial charge >= 0.3 is 0 Å². The molecule has 4 heteroatoms. The summed E-state index contributed by atoms with van der Waals surface area (Å²) >= 11 is 0. The minimum Gasteiger partial charge on any atom is -0.343 e. The van der Waals surface area contributed by atoms with E-state index >= 15 is 0 Å². The first-order valence-electron chi connectivity index (χ1n) is 5.89. The van der Waals surface area contributed by atoms with Crippen LogP contribution in [-0.2, 0) is 9.59 Å². The van der Waals surface area contributed by atoms with Crippen LogP contribution < -0.4 is 0 Å². The van der Waals surface area contributed by atoms with Gasteiger partial charge < -0.3 is 14.6 Å². The number of hydrogen-bond donors (Lipinski definition) is 0. The lowest BCUT2D eigenvalue weighted by Crippen LogP contribution is -2.33. The smallest absolute Gasteiger partial charge is 0.222 e. The Morgan fingerprint density at radius 2 is 1.69 bits per heavy atom. The van der Waals surface area contributed by atoms with E-state index in [1.807, 2.05) is 25.9 Å². The highest BCUT2D eigenvalue weighted by molar-refractivity contribution is 5.83. The summed E-state index contributed by atoms with van der Waals surface area (Å²) < 4.78 is 0. The van der Waals surface area contributed by atoms with Crippen LogP contribution in [0.2, 0.25) is 0 Å². The molecule has 0 saturated heterocycles. The average molecular weight is 228 g/mol. The van der Waals surface area contributed by atoms with Crippen molar-refractivity contribution in [1.82, 2.24) is 9.80 Å². The fraction of sp³-hybridized carbons (Fsp3) is 0.833. The molecule has 0 aliphatic rings. The van der Waals surface area contributed by atoms with Gasteiger partial charge in [-0.25, -0.2) is 0 Å². The van der Waals surface area contributed by atoms with Crippen LogP contribution in [0.5, 0.6) is 0 Å². The minimum atomic E-state index is 0.0812. The lowest BCUT2D eigenvalue weighted by atomic mass is 10.2. The fourth-order valence-electron chi connectivity index (χ4n) is 1.48. The number of nitrogens with zero attached hydrogens (tertiary/aromatic N) is 2. The van der Waals surface area contributed by atoms with Crippen LogP contribution >= 0.6 is 0 Å². The molecule has 0 N–H and O–H groups in total. The van der Waals surface area contributed by atoms with E-state index in [1.165, 1.54) is 6.92 Å². The van der Waals surface area contributed by atoms with Crippen LogP contribution in [0.3, 0.4) is 0 Å². The van der Waals surface area contributed by atoms with Gasteiger partial charge in [0.05, 0.1) is 0 Å². The fourth-order valence-corrected chi connectivity index (χ4v) is 1.48. The first-order chi connectivity index (χ1) is 7.47. The highest BCUT2D eigenvalue weighted by Crippen LogP contribution is 2.00. The third-order valence-corrected chi connectivity index (χ3v) is 2.46. The SMILES string of the molecule is CCN(CCCN(C)C)C(=O)CCC(C)=O. The van der Waals surface area contributed by atoms with Gasteiger partial charge in [-0.1, -0.05) is 0 Å². The van der Waals surface area contributed by atoms with Gasteiger partial charge in [-0.2, -0.15) is 0 Å². The molecule has 0 spiro atoms. The molecule has 0 aromatic carbocycles. The van der Waals surface area contributed by atoms with E-state index in [4.69, 9.17) is 0 Å². The zero-order valence-corrected chi connectivity index (χ0v) is 11.0. The largest absolute Gasteiger partial charge is 0.343 e. The number of carbonyl (C=O) groups is 2. The predicted molar refractivity (Wildman–Crippen MR) is 65.3 cm³/mol. The van der Waals surface area contributed by atoms with Crippen LogP contribution in [-0.4, -0.2) is 55.2 Å². The van der Waals surface area contributed by atoms with Crippen molar-refractivity contribution in [3.63, 3.8) is 0 Å². The van der Waals surface area contributed by atoms with E-state index in [0.717, 1.165) is 26.1 Å². The topological polar surface area (TPSA) is 40.6 Å². The van der Waals surface area contributed by atoms with Gasteiger partial charge in [0, 0.05) is 25.9 Å². The molecule has 0 aliphatic heterocycles. The van der Waals surface area contributed by atoms with E-state index < -0.39 is 0 Å². The van der Waals surface area contributed by atoms with Gasteiger partial charge in [-0.3, -0.25) is 4.79 Å². The normalized spacial score (nSPS) is 10.6. The first kappa shape index (κ1) is 15.1. The second-order valence-electron chi connectivity index (χ2n) is 4.33. The van der Waals surface area contributed by atoms with Gasteiger partial charge in [-0.05, 0) is 40.9 Å². The first-order valence-corrected chi connectivity index (χ1v) is 5.89. The summed E-state index contributed by atoms with van der Waals surface area (Å²) in [6, 6.07) is 0. The van der Waals surface area contributed by atoms with Crippen molar-refractivity contribution in [2.45, 2.75) is 33.1 Å². The van der Waals surface area contributed by atoms with Crippen LogP contribution in [0.15, 0.2) is 0 Å². The van der Waals surface area contributed by atoms with E-state index in [2.05, 4.69) is 4.90 Å². The molecule has 0 unspecified atom stereocenters. The number of rotatable bonds is 8. The molecule has 0 radical (unpaired) electrons. The molecule has 0 heterocycles. The maximum absolute atomic E-state index is 11.7. The van der Waals surface area contributed by atoms with Crippen molar-refractivity contribution >= 4 is 11.7 Å². The molecule has 0 aromatic heterocycles. The summed E-state index contributed by atoms with van der Waals surface area (Å²) in [7, 11) is 4.04. The Bertz CT molecular complexity index is 227. The molecule has 0 saturated carbocycles. The molecule has 0 fully saturated rings. The van der Waals surface area contributed by atoms with E-state index in [9.17, 15) is 9.59 Å². The second kappa shape index (κ2) is 8.28. The second-order valence-corrected chi connectivity index (χ2v) is 4.33. The molecular weight excluding hydrogens is 204 g/mol. The summed E-state index contributed by atoms with van der Waals surface area (Å²) in [5, 5.41) is 0. The Hall–Kier alpha value is -0.900. The number of amides is 1. The molecule has 0 rings (SSSR count). The Labute approximate surface area is 98.6 Å². The highest BCUT2D eigenvalue weighted by atomic mass is 16.2. The Morgan fingerprint density at radius 3 is 2.12 bits per heavy atom. The van der Waals surface area contributed by atoms with E-state index in [-0.39, 0.29) is 11.7 Å². The zero-order chi connectivity index (χ0) is 12.6. The summed E-state index contributed by atoms with van der Waals surface area (Å²) in [6.07, 6.45) is 1.70. The monoisotopic (exact) mass is 228 g/mol. The van der Waals surface area contributed by atoms with Crippen molar-refractivity contribution in [2.75, 3.05) is 33.7 Å². The molecule has 4 nitrogen and oxygen atoms in total. The van der Waals surface area contributed by atoms with Crippen molar-refractivity contribution in [2.24, 2.45) is 0 Å². The molecule has 1 amide bonds. The van der Waals surface area contributed by atoms with Gasteiger partial charge in [0.15, 0.2) is 0 Å². The van der Waals surface area contributed by atoms with Crippen LogP contribution in [0.4, 0.5) is 0 Å². The summed E-state index contributed by atoms with van der Waals surface area (Å²) in [4.78, 5) is 26.4. The maximum Gasteiger partial charge on any atom is 0.222 e. The third kappa shape index (κ3) is 7.40. The number of Topliss-reactive ketones (excluding diaryl/α,β-unsaturated/α-hetero) is 1. The molecule has 0 atom stereocenters. The van der Waals surface area contributed by atoms with Crippen molar-refractivity contribution < 1.29 is 9.59 Å². The molecule has 0 bridgehead atoms. The molecule has 0 aliphatic carbocycles. The van der Waals surface area contributed by atoms with Gasteiger partial charge in [-0.15, -0.1) is 0 Å². The van der Waals surface area contributed by atoms with Crippen LogP contribution in [0, 0.1) is 0 Å². The summed E-state index contributed by atoms with van der Waals surface area (Å²) in [6.45, 7) is 5.99. The Balaban J connectivity index is 3.87. The Kier molecular flexibility index (Phi) is 7.81. The average Bonchev–Trinajstić information content (AvgIpc) is 2.20. The Morgan fingerprint density at radius 1 is 1.06 bits per heavy atom. The molecule has 0 aromatic rings. The number of ketones is 1. The molecule has 16 heavy (non-hydrogen) atoms. The van der Waals surface area contributed by atoms with Crippen LogP contribution in [0.1, 0.15) is 33.1 Å². The van der Waals surface area contributed by atoms with Crippen molar-refractivity contribution in [3.8, 4) is 0 Å². The third-order valence-electron chi connectivity index (χ3n) is 2.46.